The van der Waals surface area contributed by atoms with Crippen LogP contribution >= 0.6 is 24.0 Å². The summed E-state index contributed by atoms with van der Waals surface area (Å²) in [6, 6.07) is 5.34. The first kappa shape index (κ1) is 23.2. The summed E-state index contributed by atoms with van der Waals surface area (Å²) in [6.07, 6.45) is 15.0. The first-order chi connectivity index (χ1) is 13.2. The van der Waals surface area contributed by atoms with Gasteiger partial charge in [-0.05, 0) is 50.0 Å². The molecule has 1 aromatic rings. The van der Waals surface area contributed by atoms with Crippen molar-refractivity contribution in [1.82, 2.24) is 14.8 Å². The molecule has 1 aliphatic carbocycles. The fraction of sp³-hybridized carbons (Fsp3) is 0.727. The average Bonchev–Trinajstić information content (AvgIpc) is 2.91. The molecule has 0 aromatic carbocycles. The van der Waals surface area contributed by atoms with Gasteiger partial charge in [0.05, 0.1) is 0 Å². The molecule has 3 rings (SSSR count). The number of likely N-dealkylation sites (tertiary alicyclic amines) is 1. The normalized spacial score (nSPS) is 19.8. The van der Waals surface area contributed by atoms with E-state index in [1.54, 1.807) is 16.7 Å². The lowest BCUT2D eigenvalue weighted by Crippen LogP contribution is -2.50. The molecule has 1 saturated heterocycles. The number of piperidine rings is 1. The highest BCUT2D eigenvalue weighted by Crippen LogP contribution is 2.42. The van der Waals surface area contributed by atoms with Crippen LogP contribution in [0.15, 0.2) is 34.2 Å². The van der Waals surface area contributed by atoms with Crippen molar-refractivity contribution in [3.05, 3.63) is 34.7 Å². The van der Waals surface area contributed by atoms with Crippen molar-refractivity contribution < 1.29 is 0 Å². The van der Waals surface area contributed by atoms with Crippen molar-refractivity contribution in [3.8, 4) is 0 Å². The maximum absolute atomic E-state index is 11.7. The number of pyridine rings is 1. The molecule has 1 saturated carbocycles. The van der Waals surface area contributed by atoms with Crippen molar-refractivity contribution in [2.75, 3.05) is 26.7 Å². The fourth-order valence-electron chi connectivity index (χ4n) is 4.86. The average molecular weight is 500 g/mol. The minimum atomic E-state index is 0. The van der Waals surface area contributed by atoms with E-state index in [0.717, 1.165) is 38.4 Å². The molecule has 1 aromatic heterocycles. The summed E-state index contributed by atoms with van der Waals surface area (Å²) in [6.45, 7) is 4.00. The van der Waals surface area contributed by atoms with Gasteiger partial charge in [-0.3, -0.25) is 9.79 Å². The van der Waals surface area contributed by atoms with Crippen LogP contribution in [0.1, 0.15) is 64.2 Å². The molecule has 28 heavy (non-hydrogen) atoms. The lowest BCUT2D eigenvalue weighted by Gasteiger charge is -2.44. The monoisotopic (exact) mass is 500 g/mol. The zero-order valence-corrected chi connectivity index (χ0v) is 19.7. The molecule has 5 nitrogen and oxygen atoms in total. The van der Waals surface area contributed by atoms with Crippen LogP contribution in [0.2, 0.25) is 0 Å². The van der Waals surface area contributed by atoms with E-state index in [-0.39, 0.29) is 29.5 Å². The zero-order valence-electron chi connectivity index (χ0n) is 17.4. The molecular weight excluding hydrogens is 463 g/mol. The Bertz CT molecular complexity index is 665. The van der Waals surface area contributed by atoms with E-state index in [1.165, 1.54) is 57.9 Å². The maximum Gasteiger partial charge on any atom is 0.250 e. The summed E-state index contributed by atoms with van der Waals surface area (Å²) in [5.74, 6) is 1.06. The third-order valence-corrected chi connectivity index (χ3v) is 6.34. The van der Waals surface area contributed by atoms with Crippen molar-refractivity contribution in [3.63, 3.8) is 0 Å². The third-order valence-electron chi connectivity index (χ3n) is 6.34. The lowest BCUT2D eigenvalue weighted by atomic mass is 9.74. The number of aliphatic imine (C=N–C) groups is 1. The summed E-state index contributed by atoms with van der Waals surface area (Å²) in [4.78, 5) is 18.8. The van der Waals surface area contributed by atoms with Crippen molar-refractivity contribution in [2.24, 2.45) is 10.4 Å². The minimum Gasteiger partial charge on any atom is -0.356 e. The van der Waals surface area contributed by atoms with Gasteiger partial charge in [0.1, 0.15) is 0 Å². The van der Waals surface area contributed by atoms with Crippen molar-refractivity contribution in [1.29, 1.82) is 0 Å². The first-order valence-corrected chi connectivity index (χ1v) is 10.8. The molecule has 0 bridgehead atoms. The Kier molecular flexibility index (Phi) is 9.82. The molecule has 0 radical (unpaired) electrons. The predicted molar refractivity (Wildman–Crippen MR) is 128 cm³/mol. The van der Waals surface area contributed by atoms with Crippen molar-refractivity contribution in [2.45, 2.75) is 70.8 Å². The van der Waals surface area contributed by atoms with E-state index in [9.17, 15) is 4.79 Å². The molecule has 1 spiro atoms. The minimum absolute atomic E-state index is 0. The number of aryl methyl sites for hydroxylation is 1. The Labute approximate surface area is 187 Å². The highest BCUT2D eigenvalue weighted by Gasteiger charge is 2.36. The maximum atomic E-state index is 11.7. The van der Waals surface area contributed by atoms with Gasteiger partial charge < -0.3 is 14.8 Å². The highest BCUT2D eigenvalue weighted by atomic mass is 127. The van der Waals surface area contributed by atoms with E-state index in [2.05, 4.69) is 15.2 Å². The number of nitrogens with zero attached hydrogens (tertiary/aromatic N) is 3. The summed E-state index contributed by atoms with van der Waals surface area (Å²) in [5, 5.41) is 3.57. The number of guanidine groups is 1. The summed E-state index contributed by atoms with van der Waals surface area (Å²) in [7, 11) is 1.90. The number of halogens is 1. The van der Waals surface area contributed by atoms with E-state index < -0.39 is 0 Å². The molecule has 2 heterocycles. The fourth-order valence-corrected chi connectivity index (χ4v) is 4.86. The second-order valence-corrected chi connectivity index (χ2v) is 8.35. The molecule has 1 N–H and O–H groups in total. The smallest absolute Gasteiger partial charge is 0.250 e. The van der Waals surface area contributed by atoms with Gasteiger partial charge in [-0.25, -0.2) is 0 Å². The predicted octanol–water partition coefficient (Wildman–Crippen LogP) is 4.26. The third kappa shape index (κ3) is 6.49. The standard InChI is InChI=1S/C22H36N4O.HI/c1-23-21(24-15-7-9-17-25-16-8-4-11-20(25)27)26-18-10-14-22(19-26)12-5-2-3-6-13-22;/h4,8,11,16H,2-3,5-7,9-10,12-15,17-19H2,1H3,(H,23,24);1H. The Morgan fingerprint density at radius 3 is 2.57 bits per heavy atom. The number of rotatable bonds is 5. The van der Waals surface area contributed by atoms with E-state index >= 15 is 0 Å². The van der Waals surface area contributed by atoms with Gasteiger partial charge >= 0.3 is 0 Å². The van der Waals surface area contributed by atoms with Crippen molar-refractivity contribution >= 4 is 29.9 Å². The molecule has 0 atom stereocenters. The second-order valence-electron chi connectivity index (χ2n) is 8.35. The molecular formula is C22H37IN4O. The van der Waals surface area contributed by atoms with Crippen LogP contribution in [0.25, 0.3) is 0 Å². The van der Waals surface area contributed by atoms with Gasteiger partial charge in [-0.1, -0.05) is 31.7 Å². The van der Waals surface area contributed by atoms with Gasteiger partial charge in [0.15, 0.2) is 5.96 Å². The van der Waals surface area contributed by atoms with Gasteiger partial charge in [-0.15, -0.1) is 24.0 Å². The Hall–Kier alpha value is -1.05. The highest BCUT2D eigenvalue weighted by molar-refractivity contribution is 14.0. The number of hydrogen-bond acceptors (Lipinski definition) is 2. The van der Waals surface area contributed by atoms with Gasteiger partial charge in [0, 0.05) is 45.5 Å². The number of unbranched alkanes of at least 4 members (excludes halogenated alkanes) is 1. The summed E-state index contributed by atoms with van der Waals surface area (Å²) < 4.78 is 1.79. The Morgan fingerprint density at radius 2 is 1.86 bits per heavy atom. The van der Waals surface area contributed by atoms with Gasteiger partial charge in [-0.2, -0.15) is 0 Å². The molecule has 2 aliphatic rings. The van der Waals surface area contributed by atoms with Crippen LogP contribution in [-0.2, 0) is 6.54 Å². The molecule has 158 valence electrons. The van der Waals surface area contributed by atoms with Crippen LogP contribution in [0.5, 0.6) is 0 Å². The van der Waals surface area contributed by atoms with E-state index in [1.807, 2.05) is 19.3 Å². The van der Waals surface area contributed by atoms with Crippen LogP contribution in [0, 0.1) is 5.41 Å². The van der Waals surface area contributed by atoms with Crippen LogP contribution in [-0.4, -0.2) is 42.1 Å². The number of nitrogens with one attached hydrogen (secondary N) is 1. The molecule has 0 amide bonds. The zero-order chi connectivity index (χ0) is 19.0. The topological polar surface area (TPSA) is 49.6 Å². The van der Waals surface area contributed by atoms with Crippen LogP contribution in [0.4, 0.5) is 0 Å². The van der Waals surface area contributed by atoms with Crippen LogP contribution < -0.4 is 10.9 Å². The SMILES string of the molecule is CN=C(NCCCCn1ccccc1=O)N1CCCC2(CCCCCC2)C1.I. The van der Waals surface area contributed by atoms with Gasteiger partial charge in [0.25, 0.3) is 0 Å². The molecule has 1 aliphatic heterocycles. The molecule has 0 unspecified atom stereocenters. The van der Waals surface area contributed by atoms with Crippen LogP contribution in [0.3, 0.4) is 0 Å². The van der Waals surface area contributed by atoms with Gasteiger partial charge in [0.2, 0.25) is 5.56 Å². The lowest BCUT2D eigenvalue weighted by molar-refractivity contribution is 0.115. The number of aromatic nitrogens is 1. The van der Waals surface area contributed by atoms with E-state index in [4.69, 9.17) is 0 Å². The quantitative estimate of drug-likeness (QED) is 0.285. The number of hydrogen-bond donors (Lipinski definition) is 1. The summed E-state index contributed by atoms with van der Waals surface area (Å²) >= 11 is 0. The van der Waals surface area contributed by atoms with E-state index in [0.29, 0.717) is 5.41 Å². The summed E-state index contributed by atoms with van der Waals surface area (Å²) in [5.41, 5.74) is 0.615. The Balaban J connectivity index is 0.00000280. The molecule has 6 heteroatoms. The largest absolute Gasteiger partial charge is 0.356 e. The second kappa shape index (κ2) is 11.8. The first-order valence-electron chi connectivity index (χ1n) is 10.8. The molecule has 2 fully saturated rings. The Morgan fingerprint density at radius 1 is 1.11 bits per heavy atom.